The van der Waals surface area contributed by atoms with Gasteiger partial charge in [0.15, 0.2) is 0 Å². The summed E-state index contributed by atoms with van der Waals surface area (Å²) in [5.41, 5.74) is 5.56. The fourth-order valence-electron chi connectivity index (χ4n) is 3.81. The fraction of sp³-hybridized carbons (Fsp3) is 0.346. The molecular weight excluding hydrogens is 454 g/mol. The van der Waals surface area contributed by atoms with Gasteiger partial charge in [0.1, 0.15) is 11.3 Å². The number of benzene rings is 2. The first-order valence-corrected chi connectivity index (χ1v) is 11.6. The number of furan rings is 1. The van der Waals surface area contributed by atoms with E-state index in [-0.39, 0.29) is 5.91 Å². The van der Waals surface area contributed by atoms with E-state index in [1.54, 1.807) is 19.4 Å². The largest absolute Gasteiger partial charge is 0.496 e. The Balaban J connectivity index is 1.94. The average molecular weight is 484 g/mol. The van der Waals surface area contributed by atoms with Crippen LogP contribution in [0.3, 0.4) is 0 Å². The third kappa shape index (κ3) is 5.40. The lowest BCUT2D eigenvalue weighted by molar-refractivity contribution is -0.116. The van der Waals surface area contributed by atoms with Crippen LogP contribution in [-0.4, -0.2) is 19.6 Å². The number of unbranched alkanes of at least 4 members (excludes halogenated alkanes) is 3. The summed E-state index contributed by atoms with van der Waals surface area (Å²) in [6.45, 7) is 6.81. The molecule has 31 heavy (non-hydrogen) atoms. The Morgan fingerprint density at radius 1 is 1.19 bits per heavy atom. The van der Waals surface area contributed by atoms with Crippen LogP contribution in [0, 0.1) is 6.92 Å². The number of halogens is 1. The summed E-state index contributed by atoms with van der Waals surface area (Å²) in [5.74, 6) is 0.655. The molecule has 2 aromatic carbocycles. The van der Waals surface area contributed by atoms with Gasteiger partial charge in [-0.25, -0.2) is 0 Å². The average Bonchev–Trinajstić information content (AvgIpc) is 3.18. The van der Waals surface area contributed by atoms with Gasteiger partial charge in [0.05, 0.1) is 13.4 Å². The third-order valence-corrected chi connectivity index (χ3v) is 6.03. The minimum absolute atomic E-state index is 0.0749. The molecule has 1 N–H and O–H groups in total. The van der Waals surface area contributed by atoms with Crippen LogP contribution in [0.2, 0.25) is 0 Å². The van der Waals surface area contributed by atoms with Crippen molar-refractivity contribution in [2.45, 2.75) is 46.5 Å². The highest BCUT2D eigenvalue weighted by Gasteiger charge is 2.18. The molecule has 0 unspecified atom stereocenters. The third-order valence-electron chi connectivity index (χ3n) is 5.51. The molecule has 0 saturated carbocycles. The Labute approximate surface area is 192 Å². The molecule has 0 radical (unpaired) electrons. The van der Waals surface area contributed by atoms with E-state index in [2.05, 4.69) is 46.4 Å². The van der Waals surface area contributed by atoms with E-state index >= 15 is 0 Å². The lowest BCUT2D eigenvalue weighted by atomic mass is 9.96. The van der Waals surface area contributed by atoms with Gasteiger partial charge in [-0.1, -0.05) is 54.2 Å². The van der Waals surface area contributed by atoms with Crippen LogP contribution in [-0.2, 0) is 4.79 Å². The summed E-state index contributed by atoms with van der Waals surface area (Å²) < 4.78 is 12.7. The number of carbonyl (C=O) groups is 1. The Morgan fingerprint density at radius 2 is 1.94 bits per heavy atom. The second-order valence-electron chi connectivity index (χ2n) is 7.79. The lowest BCUT2D eigenvalue weighted by Gasteiger charge is -2.13. The van der Waals surface area contributed by atoms with Crippen molar-refractivity contribution >= 4 is 38.4 Å². The monoisotopic (exact) mass is 483 g/mol. The van der Waals surface area contributed by atoms with E-state index in [0.29, 0.717) is 6.54 Å². The van der Waals surface area contributed by atoms with Gasteiger partial charge in [0, 0.05) is 39.2 Å². The van der Waals surface area contributed by atoms with Gasteiger partial charge in [0.25, 0.3) is 0 Å². The van der Waals surface area contributed by atoms with Crippen molar-refractivity contribution in [1.29, 1.82) is 0 Å². The number of rotatable bonds is 9. The molecule has 1 amide bonds. The van der Waals surface area contributed by atoms with E-state index in [1.807, 2.05) is 26.0 Å². The predicted molar refractivity (Wildman–Crippen MR) is 131 cm³/mol. The second kappa shape index (κ2) is 10.7. The van der Waals surface area contributed by atoms with E-state index in [1.165, 1.54) is 12.8 Å². The van der Waals surface area contributed by atoms with Gasteiger partial charge in [0.2, 0.25) is 5.91 Å². The molecule has 5 heteroatoms. The van der Waals surface area contributed by atoms with E-state index < -0.39 is 0 Å². The molecular formula is C26H30BrNO3. The zero-order valence-corrected chi connectivity index (χ0v) is 20.3. The summed E-state index contributed by atoms with van der Waals surface area (Å²) >= 11 is 3.49. The van der Waals surface area contributed by atoms with Crippen LogP contribution in [0.15, 0.2) is 51.6 Å². The molecule has 3 aromatic rings. The van der Waals surface area contributed by atoms with Crippen molar-refractivity contribution in [3.63, 3.8) is 0 Å². The number of ether oxygens (including phenoxy) is 1. The van der Waals surface area contributed by atoms with Gasteiger partial charge in [-0.3, -0.25) is 4.79 Å². The van der Waals surface area contributed by atoms with Crippen LogP contribution < -0.4 is 10.1 Å². The number of aryl methyl sites for hydroxylation is 1. The number of nitrogens with one attached hydrogen (secondary N) is 1. The maximum absolute atomic E-state index is 12.4. The van der Waals surface area contributed by atoms with Gasteiger partial charge >= 0.3 is 0 Å². The Hall–Kier alpha value is -2.53. The molecule has 164 valence electrons. The van der Waals surface area contributed by atoms with Crippen LogP contribution in [0.5, 0.6) is 5.75 Å². The van der Waals surface area contributed by atoms with Crippen LogP contribution in [0.25, 0.3) is 27.7 Å². The Bertz CT molecular complexity index is 1080. The molecule has 3 rings (SSSR count). The van der Waals surface area contributed by atoms with Gasteiger partial charge in [-0.15, -0.1) is 0 Å². The van der Waals surface area contributed by atoms with Gasteiger partial charge in [-0.05, 0) is 49.6 Å². The van der Waals surface area contributed by atoms with E-state index in [4.69, 9.17) is 9.15 Å². The number of fused-ring (bicyclic) bond motifs is 1. The first kappa shape index (κ1) is 23.1. The number of hydrogen-bond acceptors (Lipinski definition) is 3. The molecule has 0 spiro atoms. The van der Waals surface area contributed by atoms with Crippen molar-refractivity contribution < 1.29 is 13.9 Å². The van der Waals surface area contributed by atoms with Crippen molar-refractivity contribution in [2.75, 3.05) is 13.7 Å². The molecule has 0 aliphatic carbocycles. The first-order valence-electron chi connectivity index (χ1n) is 10.8. The van der Waals surface area contributed by atoms with E-state index in [9.17, 15) is 4.79 Å². The topological polar surface area (TPSA) is 51.5 Å². The summed E-state index contributed by atoms with van der Waals surface area (Å²) in [5, 5.41) is 3.99. The number of methoxy groups -OCH3 is 1. The summed E-state index contributed by atoms with van der Waals surface area (Å²) in [4.78, 5) is 12.4. The summed E-state index contributed by atoms with van der Waals surface area (Å²) in [6, 6.07) is 10.2. The number of carbonyl (C=O) groups excluding carboxylic acids is 1. The van der Waals surface area contributed by atoms with Crippen LogP contribution in [0.1, 0.15) is 50.7 Å². The summed E-state index contributed by atoms with van der Waals surface area (Å²) in [6.07, 6.45) is 7.97. The van der Waals surface area contributed by atoms with Crippen molar-refractivity contribution in [1.82, 2.24) is 5.32 Å². The predicted octanol–water partition coefficient (Wildman–Crippen LogP) is 7.28. The fourth-order valence-corrected chi connectivity index (χ4v) is 4.08. The SMILES string of the molecule is CCCCCCNC(=O)/C=C(\C)c1cc2c(-c3ccc(Br)cc3)coc2c(C)c1OC. The molecule has 1 aromatic heterocycles. The number of amides is 1. The first-order chi connectivity index (χ1) is 15.0. The number of allylic oxidation sites excluding steroid dienone is 1. The Kier molecular flexibility index (Phi) is 7.97. The highest BCUT2D eigenvalue weighted by molar-refractivity contribution is 9.10. The summed E-state index contributed by atoms with van der Waals surface area (Å²) in [7, 11) is 1.65. The lowest BCUT2D eigenvalue weighted by Crippen LogP contribution is -2.22. The van der Waals surface area contributed by atoms with Crippen molar-refractivity contribution in [2.24, 2.45) is 0 Å². The minimum atomic E-state index is -0.0749. The Morgan fingerprint density at radius 3 is 2.61 bits per heavy atom. The molecule has 0 atom stereocenters. The molecule has 0 aliphatic rings. The minimum Gasteiger partial charge on any atom is -0.496 e. The molecule has 1 heterocycles. The van der Waals surface area contributed by atoms with Crippen LogP contribution in [0.4, 0.5) is 0 Å². The standard InChI is InChI=1S/C26H30BrNO3/c1-5-6-7-8-13-28-24(29)14-17(2)21-15-22-23(19-9-11-20(27)12-10-19)16-31-26(22)18(3)25(21)30-4/h9-12,14-16H,5-8,13H2,1-4H3,(H,28,29)/b17-14+. The molecule has 4 nitrogen and oxygen atoms in total. The highest BCUT2D eigenvalue weighted by atomic mass is 79.9. The van der Waals surface area contributed by atoms with Crippen molar-refractivity contribution in [3.05, 3.63) is 58.3 Å². The van der Waals surface area contributed by atoms with Gasteiger partial charge < -0.3 is 14.5 Å². The quantitative estimate of drug-likeness (QED) is 0.257. The smallest absolute Gasteiger partial charge is 0.244 e. The maximum atomic E-state index is 12.4. The molecule has 0 aliphatic heterocycles. The normalized spacial score (nSPS) is 11.7. The highest BCUT2D eigenvalue weighted by Crippen LogP contribution is 2.40. The molecule has 0 fully saturated rings. The van der Waals surface area contributed by atoms with E-state index in [0.717, 1.165) is 61.9 Å². The number of hydrogen-bond donors (Lipinski definition) is 1. The molecule has 0 bridgehead atoms. The zero-order valence-electron chi connectivity index (χ0n) is 18.7. The molecule has 0 saturated heterocycles. The van der Waals surface area contributed by atoms with Crippen molar-refractivity contribution in [3.8, 4) is 16.9 Å². The second-order valence-corrected chi connectivity index (χ2v) is 8.71. The maximum Gasteiger partial charge on any atom is 0.244 e. The van der Waals surface area contributed by atoms with Crippen LogP contribution >= 0.6 is 15.9 Å². The zero-order chi connectivity index (χ0) is 22.4. The van der Waals surface area contributed by atoms with Gasteiger partial charge in [-0.2, -0.15) is 0 Å².